The molecule has 2 unspecified atom stereocenters. The first-order valence-corrected chi connectivity index (χ1v) is 8.86. The Bertz CT molecular complexity index is 725. The number of benzene rings is 1. The summed E-state index contributed by atoms with van der Waals surface area (Å²) in [7, 11) is 0. The number of allylic oxidation sites excluding steroid dienone is 6. The summed E-state index contributed by atoms with van der Waals surface area (Å²) in [5.74, 6) is 1.09. The number of rotatable bonds is 6. The van der Waals surface area contributed by atoms with Crippen LogP contribution in [0.3, 0.4) is 0 Å². The van der Waals surface area contributed by atoms with Gasteiger partial charge in [0.1, 0.15) is 0 Å². The Kier molecular flexibility index (Phi) is 5.82. The first kappa shape index (κ1) is 16.5. The van der Waals surface area contributed by atoms with Crippen LogP contribution in [-0.4, -0.2) is 12.3 Å². The third-order valence-electron chi connectivity index (χ3n) is 4.60. The van der Waals surface area contributed by atoms with Gasteiger partial charge in [-0.25, -0.2) is 0 Å². The molecule has 0 amide bonds. The van der Waals surface area contributed by atoms with Gasteiger partial charge in [0, 0.05) is 12.3 Å². The Balaban J connectivity index is 1.70. The Hall–Kier alpha value is -2.37. The average Bonchev–Trinajstić information content (AvgIpc) is 2.90. The van der Waals surface area contributed by atoms with Crippen molar-refractivity contribution >= 4 is 5.71 Å². The third-order valence-corrected chi connectivity index (χ3v) is 4.60. The van der Waals surface area contributed by atoms with Crippen molar-refractivity contribution in [3.8, 4) is 0 Å². The van der Waals surface area contributed by atoms with Gasteiger partial charge in [0.2, 0.25) is 0 Å². The monoisotopic (exact) mass is 315 g/mol. The number of dihydropyridines is 1. The number of hydrogen-bond acceptors (Lipinski definition) is 1. The number of nitrogens with zero attached hydrogens (tertiary/aromatic N) is 1. The van der Waals surface area contributed by atoms with E-state index in [4.69, 9.17) is 4.99 Å². The second-order valence-corrected chi connectivity index (χ2v) is 6.62. The molecule has 24 heavy (non-hydrogen) atoms. The van der Waals surface area contributed by atoms with Crippen LogP contribution in [0, 0.1) is 5.92 Å². The predicted octanol–water partition coefficient (Wildman–Crippen LogP) is 5.79. The molecule has 1 aromatic rings. The molecule has 122 valence electrons. The first-order chi connectivity index (χ1) is 11.8. The number of aliphatic imine (C=N–C) groups is 1. The molecular weight excluding hydrogens is 290 g/mol. The minimum absolute atomic E-state index is 0.512. The van der Waals surface area contributed by atoms with Crippen molar-refractivity contribution in [1.29, 1.82) is 0 Å². The van der Waals surface area contributed by atoms with Crippen LogP contribution in [0.25, 0.3) is 0 Å². The van der Waals surface area contributed by atoms with Crippen molar-refractivity contribution in [2.75, 3.05) is 6.54 Å². The molecular formula is C23H25N. The van der Waals surface area contributed by atoms with Gasteiger partial charge in [0.25, 0.3) is 0 Å². The fourth-order valence-corrected chi connectivity index (χ4v) is 3.15. The predicted molar refractivity (Wildman–Crippen MR) is 104 cm³/mol. The molecule has 2 atom stereocenters. The molecule has 1 heteroatoms. The molecule has 1 aromatic carbocycles. The molecule has 0 saturated heterocycles. The summed E-state index contributed by atoms with van der Waals surface area (Å²) < 4.78 is 0. The molecule has 0 spiro atoms. The van der Waals surface area contributed by atoms with Gasteiger partial charge in [-0.15, -0.1) is 5.73 Å². The van der Waals surface area contributed by atoms with Crippen molar-refractivity contribution < 1.29 is 0 Å². The third kappa shape index (κ3) is 4.81. The van der Waals surface area contributed by atoms with E-state index in [0.29, 0.717) is 11.8 Å². The van der Waals surface area contributed by atoms with Crippen LogP contribution in [-0.2, 0) is 0 Å². The lowest BCUT2D eigenvalue weighted by atomic mass is 9.87. The van der Waals surface area contributed by atoms with Crippen molar-refractivity contribution in [2.45, 2.75) is 32.1 Å². The molecule has 2 aliphatic rings. The topological polar surface area (TPSA) is 12.4 Å². The quantitative estimate of drug-likeness (QED) is 0.589. The van der Waals surface area contributed by atoms with E-state index in [1.165, 1.54) is 16.8 Å². The second kappa shape index (κ2) is 8.47. The summed E-state index contributed by atoms with van der Waals surface area (Å²) in [5, 5.41) is 0. The maximum absolute atomic E-state index is 4.77. The minimum Gasteiger partial charge on any atom is -0.289 e. The molecule has 0 N–H and O–H groups in total. The minimum atomic E-state index is 0.512. The van der Waals surface area contributed by atoms with Crippen LogP contribution < -0.4 is 0 Å². The molecule has 0 bridgehead atoms. The molecule has 0 aromatic heterocycles. The molecule has 1 aliphatic heterocycles. The van der Waals surface area contributed by atoms with E-state index in [9.17, 15) is 0 Å². The molecule has 1 aliphatic carbocycles. The summed E-state index contributed by atoms with van der Waals surface area (Å²) >= 11 is 0. The van der Waals surface area contributed by atoms with Gasteiger partial charge in [-0.2, -0.15) is 0 Å². The lowest BCUT2D eigenvalue weighted by molar-refractivity contribution is 0.642. The van der Waals surface area contributed by atoms with Crippen LogP contribution in [0.2, 0.25) is 0 Å². The lowest BCUT2D eigenvalue weighted by Gasteiger charge is -2.20. The van der Waals surface area contributed by atoms with Crippen LogP contribution in [0.5, 0.6) is 0 Å². The maximum atomic E-state index is 4.77. The second-order valence-electron chi connectivity index (χ2n) is 6.62. The van der Waals surface area contributed by atoms with Crippen LogP contribution >= 0.6 is 0 Å². The highest BCUT2D eigenvalue weighted by atomic mass is 14.7. The Morgan fingerprint density at radius 2 is 2.04 bits per heavy atom. The van der Waals surface area contributed by atoms with Gasteiger partial charge in [-0.3, -0.25) is 4.99 Å². The summed E-state index contributed by atoms with van der Waals surface area (Å²) in [4.78, 5) is 4.77. The van der Waals surface area contributed by atoms with E-state index in [2.05, 4.69) is 73.4 Å². The molecule has 0 radical (unpaired) electrons. The van der Waals surface area contributed by atoms with Crippen LogP contribution in [0.15, 0.2) is 89.2 Å². The van der Waals surface area contributed by atoms with Crippen molar-refractivity contribution in [3.63, 3.8) is 0 Å². The largest absolute Gasteiger partial charge is 0.289 e. The molecule has 0 fully saturated rings. The summed E-state index contributed by atoms with van der Waals surface area (Å²) in [6.45, 7) is 3.15. The van der Waals surface area contributed by atoms with Crippen molar-refractivity contribution in [1.82, 2.24) is 0 Å². The van der Waals surface area contributed by atoms with Crippen LogP contribution in [0.1, 0.15) is 37.7 Å². The highest BCUT2D eigenvalue weighted by molar-refractivity contribution is 5.96. The molecule has 3 rings (SSSR count). The van der Waals surface area contributed by atoms with Crippen LogP contribution in [0.4, 0.5) is 0 Å². The van der Waals surface area contributed by atoms with E-state index in [1.54, 1.807) is 0 Å². The fourth-order valence-electron chi connectivity index (χ4n) is 3.15. The summed E-state index contributed by atoms with van der Waals surface area (Å²) in [6, 6.07) is 10.9. The fraction of sp³-hybridized carbons (Fsp3) is 0.304. The van der Waals surface area contributed by atoms with E-state index >= 15 is 0 Å². The van der Waals surface area contributed by atoms with E-state index in [-0.39, 0.29) is 0 Å². The van der Waals surface area contributed by atoms with E-state index in [0.717, 1.165) is 25.8 Å². The van der Waals surface area contributed by atoms with E-state index in [1.807, 2.05) is 12.2 Å². The molecule has 1 nitrogen and oxygen atoms in total. The average molecular weight is 315 g/mol. The molecule has 0 saturated carbocycles. The normalized spacial score (nSPS) is 20.5. The van der Waals surface area contributed by atoms with Crippen molar-refractivity contribution in [2.24, 2.45) is 10.9 Å². The zero-order valence-electron chi connectivity index (χ0n) is 14.4. The lowest BCUT2D eigenvalue weighted by Crippen LogP contribution is -2.11. The summed E-state index contributed by atoms with van der Waals surface area (Å²) in [6.07, 6.45) is 18.1. The standard InChI is InChI=1S/C23H25N/c1-19-13-16-23(24-18-19)17-22(21-11-7-4-8-12-21)15-14-20-9-5-2-3-6-10-20/h2,4-13,16,19,22H,14-15,17-18H2,1H3. The Morgan fingerprint density at radius 1 is 1.17 bits per heavy atom. The van der Waals surface area contributed by atoms with Gasteiger partial charge in [0.05, 0.1) is 0 Å². The zero-order chi connectivity index (χ0) is 16.6. The van der Waals surface area contributed by atoms with Gasteiger partial charge in [-0.1, -0.05) is 61.6 Å². The van der Waals surface area contributed by atoms with E-state index < -0.39 is 0 Å². The smallest absolute Gasteiger partial charge is 0.0452 e. The Morgan fingerprint density at radius 3 is 2.83 bits per heavy atom. The highest BCUT2D eigenvalue weighted by Gasteiger charge is 2.15. The highest BCUT2D eigenvalue weighted by Crippen LogP contribution is 2.28. The molecule has 1 heterocycles. The number of hydrogen-bond donors (Lipinski definition) is 0. The Labute approximate surface area is 145 Å². The zero-order valence-corrected chi connectivity index (χ0v) is 14.4. The van der Waals surface area contributed by atoms with Gasteiger partial charge >= 0.3 is 0 Å². The first-order valence-electron chi connectivity index (χ1n) is 8.86. The SMILES string of the molecule is CC1C=CC(CC(CCC2=CC=C=CC=C2)c2ccccc2)=NC1. The van der Waals surface area contributed by atoms with Gasteiger partial charge in [-0.05, 0) is 60.5 Å². The maximum Gasteiger partial charge on any atom is 0.0452 e. The van der Waals surface area contributed by atoms with Crippen molar-refractivity contribution in [3.05, 3.63) is 89.7 Å². The van der Waals surface area contributed by atoms with Gasteiger partial charge in [0.15, 0.2) is 0 Å². The van der Waals surface area contributed by atoms with Gasteiger partial charge < -0.3 is 0 Å². The summed E-state index contributed by atoms with van der Waals surface area (Å²) in [5.41, 5.74) is 7.15.